The summed E-state index contributed by atoms with van der Waals surface area (Å²) in [6, 6.07) is 30.4. The number of para-hydroxylation sites is 1. The van der Waals surface area contributed by atoms with Crippen LogP contribution in [0.25, 0.3) is 5.70 Å². The van der Waals surface area contributed by atoms with Gasteiger partial charge in [0.1, 0.15) is 26.0 Å². The lowest BCUT2D eigenvalue weighted by molar-refractivity contribution is 0.309. The molecule has 0 fully saturated rings. The summed E-state index contributed by atoms with van der Waals surface area (Å²) in [6.07, 6.45) is 0.810. The molecule has 4 nitrogen and oxygen atoms in total. The zero-order valence-corrected chi connectivity index (χ0v) is 21.2. The Morgan fingerprint density at radius 1 is 0.865 bits per heavy atom. The molecule has 0 aliphatic heterocycles. The van der Waals surface area contributed by atoms with E-state index in [0.29, 0.717) is 25.4 Å². The van der Waals surface area contributed by atoms with E-state index in [4.69, 9.17) is 15.2 Å². The van der Waals surface area contributed by atoms with Gasteiger partial charge in [-0.3, -0.25) is 0 Å². The zero-order chi connectivity index (χ0) is 26.0. The Bertz CT molecular complexity index is 1320. The van der Waals surface area contributed by atoms with E-state index < -0.39 is 5.82 Å². The lowest BCUT2D eigenvalue weighted by Gasteiger charge is -2.28. The molecule has 4 aromatic rings. The molecule has 0 bridgehead atoms. The molecular weight excluding hydrogens is 462 g/mol. The predicted molar refractivity (Wildman–Crippen MR) is 151 cm³/mol. The van der Waals surface area contributed by atoms with Gasteiger partial charge in [-0.05, 0) is 71.5 Å². The number of ether oxygens (including phenoxy) is 2. The second-order valence-corrected chi connectivity index (χ2v) is 8.94. The zero-order valence-electron chi connectivity index (χ0n) is 21.2. The first-order chi connectivity index (χ1) is 18.0. The van der Waals surface area contributed by atoms with E-state index in [-0.39, 0.29) is 5.75 Å². The Balaban J connectivity index is 1.48. The van der Waals surface area contributed by atoms with Crippen LogP contribution in [-0.2, 0) is 13.2 Å². The van der Waals surface area contributed by atoms with Gasteiger partial charge in [0.05, 0.1) is 0 Å². The third kappa shape index (κ3) is 7.24. The van der Waals surface area contributed by atoms with Crippen molar-refractivity contribution >= 4 is 19.0 Å². The largest absolute Gasteiger partial charge is 0.490 e. The highest BCUT2D eigenvalue weighted by Gasteiger charge is 2.14. The fourth-order valence-corrected chi connectivity index (χ4v) is 4.06. The third-order valence-electron chi connectivity index (χ3n) is 6.10. The Kier molecular flexibility index (Phi) is 9.01. The molecule has 188 valence electrons. The van der Waals surface area contributed by atoms with Gasteiger partial charge in [-0.15, -0.1) is 0 Å². The molecule has 0 unspecified atom stereocenters. The quantitative estimate of drug-likeness (QED) is 0.273. The number of nitrogens with two attached hydrogens (primary N) is 1. The van der Waals surface area contributed by atoms with E-state index in [2.05, 4.69) is 17.5 Å². The van der Waals surface area contributed by atoms with Crippen molar-refractivity contribution in [1.29, 1.82) is 0 Å². The monoisotopic (exact) mass is 494 g/mol. The van der Waals surface area contributed by atoms with E-state index in [1.165, 1.54) is 6.07 Å². The average Bonchev–Trinajstić information content (AvgIpc) is 2.93. The molecule has 0 saturated heterocycles. The molecule has 0 aromatic heterocycles. The molecule has 0 aliphatic carbocycles. The summed E-state index contributed by atoms with van der Waals surface area (Å²) in [5.74, 6) is 1.23. The minimum atomic E-state index is -0.401. The molecule has 4 rings (SSSR count). The number of halogens is 1. The normalized spacial score (nSPS) is 10.6. The first kappa shape index (κ1) is 26.0. The van der Waals surface area contributed by atoms with Gasteiger partial charge in [-0.1, -0.05) is 67.2 Å². The van der Waals surface area contributed by atoms with E-state index in [1.54, 1.807) is 24.3 Å². The van der Waals surface area contributed by atoms with E-state index >= 15 is 0 Å². The molecule has 0 radical (unpaired) electrons. The standard InChI is InChI=1S/C31H32BFN2O2/c1-23(26-14-16-30(28(32)20-26)36-22-24-9-4-2-5-10-24)35(18-8-17-34)21-25-13-15-29(33)31(19-25)37-27-11-6-3-7-12-27/h2-7,9-16,19-20H,1,8,17-18,21-22,32,34H2. The number of benzene rings is 4. The van der Waals surface area contributed by atoms with Crippen molar-refractivity contribution in [2.75, 3.05) is 13.1 Å². The summed E-state index contributed by atoms with van der Waals surface area (Å²) >= 11 is 0. The maximum absolute atomic E-state index is 14.5. The number of rotatable bonds is 12. The molecule has 0 spiro atoms. The van der Waals surface area contributed by atoms with Gasteiger partial charge in [0.25, 0.3) is 0 Å². The van der Waals surface area contributed by atoms with Crippen LogP contribution >= 0.6 is 0 Å². The van der Waals surface area contributed by atoms with E-state index in [0.717, 1.165) is 46.6 Å². The van der Waals surface area contributed by atoms with Gasteiger partial charge in [0, 0.05) is 18.8 Å². The smallest absolute Gasteiger partial charge is 0.165 e. The Morgan fingerprint density at radius 3 is 2.30 bits per heavy atom. The molecule has 0 amide bonds. The summed E-state index contributed by atoms with van der Waals surface area (Å²) in [5, 5.41) is 0. The highest BCUT2D eigenvalue weighted by atomic mass is 19.1. The second kappa shape index (κ2) is 12.8. The average molecular weight is 494 g/mol. The van der Waals surface area contributed by atoms with Crippen molar-refractivity contribution < 1.29 is 13.9 Å². The van der Waals surface area contributed by atoms with Crippen LogP contribution in [0.1, 0.15) is 23.1 Å². The third-order valence-corrected chi connectivity index (χ3v) is 6.10. The highest BCUT2D eigenvalue weighted by molar-refractivity contribution is 6.34. The Morgan fingerprint density at radius 2 is 1.59 bits per heavy atom. The summed E-state index contributed by atoms with van der Waals surface area (Å²) < 4.78 is 26.3. The Hall–Kier alpha value is -4.03. The lowest BCUT2D eigenvalue weighted by Crippen LogP contribution is -2.25. The van der Waals surface area contributed by atoms with Crippen molar-refractivity contribution in [3.05, 3.63) is 126 Å². The topological polar surface area (TPSA) is 47.7 Å². The summed E-state index contributed by atoms with van der Waals surface area (Å²) in [7, 11) is 2.04. The van der Waals surface area contributed by atoms with Crippen LogP contribution in [0.3, 0.4) is 0 Å². The van der Waals surface area contributed by atoms with Crippen LogP contribution in [0.15, 0.2) is 104 Å². The SMILES string of the molecule is Bc1cc(C(=C)N(CCCN)Cc2ccc(F)c(Oc3ccccc3)c2)ccc1OCc1ccccc1. The number of hydrogen-bond acceptors (Lipinski definition) is 4. The van der Waals surface area contributed by atoms with E-state index in [1.807, 2.05) is 68.5 Å². The van der Waals surface area contributed by atoms with Crippen molar-refractivity contribution in [1.82, 2.24) is 4.90 Å². The fraction of sp³-hybridized carbons (Fsp3) is 0.161. The fourth-order valence-electron chi connectivity index (χ4n) is 4.06. The Labute approximate surface area is 219 Å². The first-order valence-corrected chi connectivity index (χ1v) is 12.5. The molecule has 4 aromatic carbocycles. The van der Waals surface area contributed by atoms with Crippen molar-refractivity contribution in [3.63, 3.8) is 0 Å². The highest BCUT2D eigenvalue weighted by Crippen LogP contribution is 2.28. The first-order valence-electron chi connectivity index (χ1n) is 12.5. The summed E-state index contributed by atoms with van der Waals surface area (Å²) in [6.45, 7) is 6.75. The molecular formula is C31H32BFN2O2. The minimum Gasteiger partial charge on any atom is -0.490 e. The van der Waals surface area contributed by atoms with Crippen LogP contribution in [0.2, 0.25) is 0 Å². The van der Waals surface area contributed by atoms with Crippen LogP contribution in [0.5, 0.6) is 17.2 Å². The van der Waals surface area contributed by atoms with Gasteiger partial charge in [0.15, 0.2) is 11.6 Å². The van der Waals surface area contributed by atoms with Crippen molar-refractivity contribution in [2.45, 2.75) is 19.6 Å². The molecule has 0 heterocycles. The van der Waals surface area contributed by atoms with Crippen LogP contribution < -0.4 is 20.7 Å². The van der Waals surface area contributed by atoms with Gasteiger partial charge >= 0.3 is 0 Å². The number of hydrogen-bond donors (Lipinski definition) is 1. The molecule has 0 saturated carbocycles. The molecule has 0 atom stereocenters. The van der Waals surface area contributed by atoms with Crippen LogP contribution in [0.4, 0.5) is 4.39 Å². The van der Waals surface area contributed by atoms with Crippen molar-refractivity contribution in [3.8, 4) is 17.2 Å². The maximum Gasteiger partial charge on any atom is 0.165 e. The van der Waals surface area contributed by atoms with Gasteiger partial charge < -0.3 is 20.1 Å². The van der Waals surface area contributed by atoms with Gasteiger partial charge in [-0.2, -0.15) is 0 Å². The van der Waals surface area contributed by atoms with Crippen LogP contribution in [-0.4, -0.2) is 25.8 Å². The molecule has 2 N–H and O–H groups in total. The van der Waals surface area contributed by atoms with Gasteiger partial charge in [-0.25, -0.2) is 4.39 Å². The second-order valence-electron chi connectivity index (χ2n) is 8.94. The van der Waals surface area contributed by atoms with Gasteiger partial charge in [0.2, 0.25) is 0 Å². The molecule has 6 heteroatoms. The summed E-state index contributed by atoms with van der Waals surface area (Å²) in [4.78, 5) is 2.17. The summed E-state index contributed by atoms with van der Waals surface area (Å²) in [5.41, 5.74) is 10.8. The van der Waals surface area contributed by atoms with Crippen molar-refractivity contribution in [2.24, 2.45) is 5.73 Å². The molecule has 37 heavy (non-hydrogen) atoms. The minimum absolute atomic E-state index is 0.198. The predicted octanol–water partition coefficient (Wildman–Crippen LogP) is 5.28. The maximum atomic E-state index is 14.5. The molecule has 0 aliphatic rings. The van der Waals surface area contributed by atoms with E-state index in [9.17, 15) is 4.39 Å². The number of nitrogens with zero attached hydrogens (tertiary/aromatic N) is 1. The lowest BCUT2D eigenvalue weighted by atomic mass is 9.92. The van der Waals surface area contributed by atoms with Crippen LogP contribution in [0, 0.1) is 5.82 Å².